The Morgan fingerprint density at radius 1 is 1.53 bits per heavy atom. The van der Waals surface area contributed by atoms with Crippen molar-refractivity contribution < 1.29 is 4.42 Å². The van der Waals surface area contributed by atoms with E-state index in [2.05, 4.69) is 29.1 Å². The lowest BCUT2D eigenvalue weighted by molar-refractivity contribution is 0.568. The van der Waals surface area contributed by atoms with Crippen molar-refractivity contribution in [2.24, 2.45) is 0 Å². The lowest BCUT2D eigenvalue weighted by atomic mass is 10.3. The topological polar surface area (TPSA) is 53.9 Å². The predicted octanol–water partition coefficient (Wildman–Crippen LogP) is 2.17. The Morgan fingerprint density at radius 2 is 2.40 bits per heavy atom. The van der Waals surface area contributed by atoms with Gasteiger partial charge >= 0.3 is 0 Å². The molecule has 0 bridgehead atoms. The quantitative estimate of drug-likeness (QED) is 0.804. The Hall–Kier alpha value is -1.55. The van der Waals surface area contributed by atoms with Gasteiger partial charge in [0.2, 0.25) is 0 Å². The molecule has 0 saturated carbocycles. The zero-order valence-electron chi connectivity index (χ0n) is 8.95. The molecule has 0 radical (unpaired) electrons. The molecular formula is C11H15N3O. The SMILES string of the molecule is CC(C)NCc1ncc(-c2ccoc2)[nH]1. The minimum Gasteiger partial charge on any atom is -0.472 e. The molecule has 0 unspecified atom stereocenters. The molecule has 0 fully saturated rings. The van der Waals surface area contributed by atoms with E-state index in [9.17, 15) is 0 Å². The Labute approximate surface area is 88.7 Å². The third kappa shape index (κ3) is 2.47. The lowest BCUT2D eigenvalue weighted by Crippen LogP contribution is -2.22. The van der Waals surface area contributed by atoms with Crippen LogP contribution in [-0.2, 0) is 6.54 Å². The van der Waals surface area contributed by atoms with E-state index in [4.69, 9.17) is 4.42 Å². The van der Waals surface area contributed by atoms with E-state index in [1.54, 1.807) is 12.5 Å². The van der Waals surface area contributed by atoms with Crippen molar-refractivity contribution in [1.82, 2.24) is 15.3 Å². The van der Waals surface area contributed by atoms with Crippen LogP contribution in [0.3, 0.4) is 0 Å². The van der Waals surface area contributed by atoms with Gasteiger partial charge in [0.25, 0.3) is 0 Å². The number of nitrogens with zero attached hydrogens (tertiary/aromatic N) is 1. The standard InChI is InChI=1S/C11H15N3O/c1-8(2)12-6-11-13-5-10(14-11)9-3-4-15-7-9/h3-5,7-8,12H,6H2,1-2H3,(H,13,14). The highest BCUT2D eigenvalue weighted by molar-refractivity contribution is 5.56. The maximum Gasteiger partial charge on any atom is 0.120 e. The molecule has 4 heteroatoms. The van der Waals surface area contributed by atoms with Crippen LogP contribution in [0.1, 0.15) is 19.7 Å². The van der Waals surface area contributed by atoms with Gasteiger partial charge in [-0.15, -0.1) is 0 Å². The molecular weight excluding hydrogens is 190 g/mol. The zero-order valence-corrected chi connectivity index (χ0v) is 8.95. The van der Waals surface area contributed by atoms with Gasteiger partial charge in [-0.3, -0.25) is 0 Å². The summed E-state index contributed by atoms with van der Waals surface area (Å²) < 4.78 is 5.01. The van der Waals surface area contributed by atoms with Crippen molar-refractivity contribution in [3.05, 3.63) is 30.6 Å². The van der Waals surface area contributed by atoms with Crippen LogP contribution in [0.2, 0.25) is 0 Å². The number of hydrogen-bond donors (Lipinski definition) is 2. The van der Waals surface area contributed by atoms with E-state index in [-0.39, 0.29) is 0 Å². The van der Waals surface area contributed by atoms with Crippen LogP contribution in [0, 0.1) is 0 Å². The molecule has 0 aliphatic heterocycles. The molecule has 2 N–H and O–H groups in total. The van der Waals surface area contributed by atoms with E-state index in [1.807, 2.05) is 12.3 Å². The van der Waals surface area contributed by atoms with Crippen LogP contribution in [0.15, 0.2) is 29.2 Å². The first-order valence-electron chi connectivity index (χ1n) is 5.05. The molecule has 0 aromatic carbocycles. The normalized spacial score (nSPS) is 11.1. The lowest BCUT2D eigenvalue weighted by Gasteiger charge is -2.04. The Bertz CT molecular complexity index is 403. The summed E-state index contributed by atoms with van der Waals surface area (Å²) in [7, 11) is 0. The summed E-state index contributed by atoms with van der Waals surface area (Å²) in [5.41, 5.74) is 2.02. The zero-order chi connectivity index (χ0) is 10.7. The maximum absolute atomic E-state index is 5.01. The molecule has 2 aromatic rings. The Balaban J connectivity index is 2.04. The van der Waals surface area contributed by atoms with Gasteiger partial charge in [0.05, 0.1) is 31.0 Å². The summed E-state index contributed by atoms with van der Waals surface area (Å²) >= 11 is 0. The smallest absolute Gasteiger partial charge is 0.120 e. The molecule has 0 atom stereocenters. The van der Waals surface area contributed by atoms with Gasteiger partial charge < -0.3 is 14.7 Å². The second-order valence-electron chi connectivity index (χ2n) is 3.79. The van der Waals surface area contributed by atoms with Gasteiger partial charge in [-0.05, 0) is 6.07 Å². The number of hydrogen-bond acceptors (Lipinski definition) is 3. The van der Waals surface area contributed by atoms with Crippen LogP contribution < -0.4 is 5.32 Å². The highest BCUT2D eigenvalue weighted by Crippen LogP contribution is 2.16. The number of imidazole rings is 1. The molecule has 0 spiro atoms. The van der Waals surface area contributed by atoms with Crippen LogP contribution in [0.4, 0.5) is 0 Å². The first kappa shape index (κ1) is 9.98. The minimum absolute atomic E-state index is 0.465. The van der Waals surface area contributed by atoms with Crippen LogP contribution >= 0.6 is 0 Å². The highest BCUT2D eigenvalue weighted by atomic mass is 16.3. The Morgan fingerprint density at radius 3 is 3.07 bits per heavy atom. The van der Waals surface area contributed by atoms with E-state index >= 15 is 0 Å². The summed E-state index contributed by atoms with van der Waals surface area (Å²) in [6.07, 6.45) is 5.18. The third-order valence-corrected chi connectivity index (χ3v) is 2.14. The van der Waals surface area contributed by atoms with Gasteiger partial charge in [0.1, 0.15) is 5.82 Å². The van der Waals surface area contributed by atoms with Crippen molar-refractivity contribution in [2.75, 3.05) is 0 Å². The summed E-state index contributed by atoms with van der Waals surface area (Å²) in [6.45, 7) is 4.98. The molecule has 15 heavy (non-hydrogen) atoms. The maximum atomic E-state index is 5.01. The van der Waals surface area contributed by atoms with Gasteiger partial charge in [0.15, 0.2) is 0 Å². The second-order valence-corrected chi connectivity index (χ2v) is 3.79. The summed E-state index contributed by atoms with van der Waals surface area (Å²) in [4.78, 5) is 7.52. The number of H-pyrrole nitrogens is 1. The van der Waals surface area contributed by atoms with Crippen molar-refractivity contribution in [3.8, 4) is 11.3 Å². The predicted molar refractivity (Wildman–Crippen MR) is 58.3 cm³/mol. The van der Waals surface area contributed by atoms with Crippen LogP contribution in [-0.4, -0.2) is 16.0 Å². The van der Waals surface area contributed by atoms with Gasteiger partial charge in [-0.2, -0.15) is 0 Å². The number of furan rings is 1. The second kappa shape index (κ2) is 4.31. The molecule has 2 rings (SSSR count). The highest BCUT2D eigenvalue weighted by Gasteiger charge is 2.04. The average molecular weight is 205 g/mol. The van der Waals surface area contributed by atoms with E-state index in [1.165, 1.54) is 0 Å². The summed E-state index contributed by atoms with van der Waals surface area (Å²) in [6, 6.07) is 2.38. The number of aromatic nitrogens is 2. The Kier molecular flexibility index (Phi) is 2.87. The third-order valence-electron chi connectivity index (χ3n) is 2.14. The van der Waals surface area contributed by atoms with Crippen molar-refractivity contribution in [2.45, 2.75) is 26.4 Å². The van der Waals surface area contributed by atoms with Crippen molar-refractivity contribution >= 4 is 0 Å². The first-order chi connectivity index (χ1) is 7.25. The molecule has 2 aromatic heterocycles. The van der Waals surface area contributed by atoms with E-state index in [0.717, 1.165) is 23.6 Å². The van der Waals surface area contributed by atoms with Crippen LogP contribution in [0.5, 0.6) is 0 Å². The number of nitrogens with one attached hydrogen (secondary N) is 2. The largest absolute Gasteiger partial charge is 0.472 e. The van der Waals surface area contributed by atoms with E-state index in [0.29, 0.717) is 6.04 Å². The van der Waals surface area contributed by atoms with Gasteiger partial charge in [-0.25, -0.2) is 4.98 Å². The van der Waals surface area contributed by atoms with Gasteiger partial charge in [0, 0.05) is 11.6 Å². The number of aromatic amines is 1. The summed E-state index contributed by atoms with van der Waals surface area (Å²) in [5.74, 6) is 0.944. The molecule has 2 heterocycles. The monoisotopic (exact) mass is 205 g/mol. The average Bonchev–Trinajstić information content (AvgIpc) is 2.85. The molecule has 4 nitrogen and oxygen atoms in total. The molecule has 0 saturated heterocycles. The minimum atomic E-state index is 0.465. The van der Waals surface area contributed by atoms with Gasteiger partial charge in [-0.1, -0.05) is 13.8 Å². The fourth-order valence-corrected chi connectivity index (χ4v) is 1.32. The molecule has 0 aliphatic carbocycles. The van der Waals surface area contributed by atoms with E-state index < -0.39 is 0 Å². The van der Waals surface area contributed by atoms with Crippen LogP contribution in [0.25, 0.3) is 11.3 Å². The van der Waals surface area contributed by atoms with Crippen molar-refractivity contribution in [3.63, 3.8) is 0 Å². The van der Waals surface area contributed by atoms with Crippen molar-refractivity contribution in [1.29, 1.82) is 0 Å². The first-order valence-corrected chi connectivity index (χ1v) is 5.05. The molecule has 80 valence electrons. The fraction of sp³-hybridized carbons (Fsp3) is 0.364. The fourth-order valence-electron chi connectivity index (χ4n) is 1.32. The number of rotatable bonds is 4. The molecule has 0 amide bonds. The summed E-state index contributed by atoms with van der Waals surface area (Å²) in [5, 5.41) is 3.30. The molecule has 0 aliphatic rings.